The third-order valence-electron chi connectivity index (χ3n) is 3.22. The number of hydrogen-bond acceptors (Lipinski definition) is 1. The van der Waals surface area contributed by atoms with Crippen LogP contribution in [-0.4, -0.2) is 0 Å². The number of nitrogens with one attached hydrogen (secondary N) is 1. The molecule has 1 nitrogen and oxygen atoms in total. The number of aryl methyl sites for hydroxylation is 1. The smallest absolute Gasteiger partial charge is 0.0486 e. The van der Waals surface area contributed by atoms with Crippen LogP contribution in [0.4, 0.5) is 5.69 Å². The molecular formula is C17H20ClN. The van der Waals surface area contributed by atoms with Crippen LogP contribution < -0.4 is 5.32 Å². The van der Waals surface area contributed by atoms with Crippen molar-refractivity contribution in [2.24, 2.45) is 0 Å². The lowest BCUT2D eigenvalue weighted by atomic mass is 10.1. The van der Waals surface area contributed by atoms with E-state index in [0.717, 1.165) is 17.1 Å². The first-order valence-electron chi connectivity index (χ1n) is 6.80. The second-order valence-electron chi connectivity index (χ2n) is 4.87. The highest BCUT2D eigenvalue weighted by atomic mass is 35.5. The van der Waals surface area contributed by atoms with Crippen LogP contribution in [0.15, 0.2) is 48.5 Å². The van der Waals surface area contributed by atoms with Crippen molar-refractivity contribution in [1.82, 2.24) is 0 Å². The highest BCUT2D eigenvalue weighted by Crippen LogP contribution is 2.22. The standard InChI is InChI=1S/C17H20ClN/c1-3-5-14-8-10-17(11-9-14)19-13(2)15-6-4-7-16(18)12-15/h4,6-13,19H,3,5H2,1-2H3. The van der Waals surface area contributed by atoms with Gasteiger partial charge in [0.05, 0.1) is 0 Å². The van der Waals surface area contributed by atoms with Crippen LogP contribution in [0.5, 0.6) is 0 Å². The molecule has 1 N–H and O–H groups in total. The molecule has 0 aromatic heterocycles. The third kappa shape index (κ3) is 4.00. The Morgan fingerprint density at radius 3 is 2.47 bits per heavy atom. The zero-order valence-corrected chi connectivity index (χ0v) is 12.2. The van der Waals surface area contributed by atoms with Gasteiger partial charge in [0.25, 0.3) is 0 Å². The Bertz CT molecular complexity index is 519. The van der Waals surface area contributed by atoms with E-state index in [1.165, 1.54) is 17.5 Å². The second kappa shape index (κ2) is 6.63. The Labute approximate surface area is 120 Å². The zero-order chi connectivity index (χ0) is 13.7. The van der Waals surface area contributed by atoms with E-state index in [1.54, 1.807) is 0 Å². The minimum Gasteiger partial charge on any atom is -0.379 e. The van der Waals surface area contributed by atoms with Crippen molar-refractivity contribution in [1.29, 1.82) is 0 Å². The minimum absolute atomic E-state index is 0.246. The number of benzene rings is 2. The molecule has 0 radical (unpaired) electrons. The molecule has 0 aliphatic heterocycles. The van der Waals surface area contributed by atoms with Crippen LogP contribution in [0.2, 0.25) is 5.02 Å². The highest BCUT2D eigenvalue weighted by Gasteiger charge is 2.05. The van der Waals surface area contributed by atoms with Crippen molar-refractivity contribution in [2.75, 3.05) is 5.32 Å². The van der Waals surface area contributed by atoms with Crippen molar-refractivity contribution in [3.05, 3.63) is 64.7 Å². The number of anilines is 1. The fourth-order valence-electron chi connectivity index (χ4n) is 2.17. The highest BCUT2D eigenvalue weighted by molar-refractivity contribution is 6.30. The van der Waals surface area contributed by atoms with Crippen LogP contribution in [0, 0.1) is 0 Å². The maximum Gasteiger partial charge on any atom is 0.0486 e. The monoisotopic (exact) mass is 273 g/mol. The SMILES string of the molecule is CCCc1ccc(NC(C)c2cccc(Cl)c2)cc1. The molecule has 2 heteroatoms. The van der Waals surface area contributed by atoms with E-state index in [1.807, 2.05) is 18.2 Å². The van der Waals surface area contributed by atoms with E-state index in [0.29, 0.717) is 0 Å². The zero-order valence-electron chi connectivity index (χ0n) is 11.5. The molecule has 0 fully saturated rings. The van der Waals surface area contributed by atoms with Gasteiger partial charge in [0.2, 0.25) is 0 Å². The normalized spacial score (nSPS) is 12.2. The Morgan fingerprint density at radius 2 is 1.84 bits per heavy atom. The van der Waals surface area contributed by atoms with Gasteiger partial charge in [0, 0.05) is 16.8 Å². The average Bonchev–Trinajstić information content (AvgIpc) is 2.41. The van der Waals surface area contributed by atoms with E-state index in [-0.39, 0.29) is 6.04 Å². The van der Waals surface area contributed by atoms with Gasteiger partial charge in [-0.05, 0) is 48.7 Å². The van der Waals surface area contributed by atoms with Gasteiger partial charge in [-0.1, -0.05) is 49.2 Å². The van der Waals surface area contributed by atoms with Gasteiger partial charge in [-0.15, -0.1) is 0 Å². The van der Waals surface area contributed by atoms with Crippen molar-refractivity contribution < 1.29 is 0 Å². The summed E-state index contributed by atoms with van der Waals surface area (Å²) in [5.74, 6) is 0. The van der Waals surface area contributed by atoms with Gasteiger partial charge in [-0.2, -0.15) is 0 Å². The average molecular weight is 274 g/mol. The van der Waals surface area contributed by atoms with Gasteiger partial charge in [0.15, 0.2) is 0 Å². The Balaban J connectivity index is 2.04. The summed E-state index contributed by atoms with van der Waals surface area (Å²) in [4.78, 5) is 0. The predicted octanol–water partition coefficient (Wildman–Crippen LogP) is 5.47. The third-order valence-corrected chi connectivity index (χ3v) is 3.46. The van der Waals surface area contributed by atoms with Crippen LogP contribution in [-0.2, 0) is 6.42 Å². The molecule has 2 aromatic carbocycles. The summed E-state index contributed by atoms with van der Waals surface area (Å²) in [5, 5.41) is 4.28. The summed E-state index contributed by atoms with van der Waals surface area (Å²) in [5.41, 5.74) is 3.74. The van der Waals surface area contributed by atoms with Crippen molar-refractivity contribution in [3.63, 3.8) is 0 Å². The minimum atomic E-state index is 0.246. The van der Waals surface area contributed by atoms with Gasteiger partial charge in [-0.3, -0.25) is 0 Å². The van der Waals surface area contributed by atoms with Gasteiger partial charge < -0.3 is 5.32 Å². The molecule has 0 heterocycles. The largest absolute Gasteiger partial charge is 0.379 e. The molecule has 0 saturated carbocycles. The molecule has 0 amide bonds. The van der Waals surface area contributed by atoms with Gasteiger partial charge >= 0.3 is 0 Å². The summed E-state index contributed by atoms with van der Waals surface area (Å²) < 4.78 is 0. The molecule has 0 aliphatic rings. The second-order valence-corrected chi connectivity index (χ2v) is 5.30. The summed E-state index contributed by atoms with van der Waals surface area (Å²) in [7, 11) is 0. The summed E-state index contributed by atoms with van der Waals surface area (Å²) in [6, 6.07) is 16.9. The molecule has 100 valence electrons. The van der Waals surface area contributed by atoms with Gasteiger partial charge in [0.1, 0.15) is 0 Å². The molecule has 2 aromatic rings. The lowest BCUT2D eigenvalue weighted by Gasteiger charge is -2.16. The fourth-order valence-corrected chi connectivity index (χ4v) is 2.36. The number of hydrogen-bond donors (Lipinski definition) is 1. The molecule has 19 heavy (non-hydrogen) atoms. The van der Waals surface area contributed by atoms with E-state index in [9.17, 15) is 0 Å². The van der Waals surface area contributed by atoms with Crippen LogP contribution in [0.25, 0.3) is 0 Å². The Hall–Kier alpha value is -1.47. The summed E-state index contributed by atoms with van der Waals surface area (Å²) in [6.45, 7) is 4.35. The molecule has 0 saturated heterocycles. The molecule has 2 rings (SSSR count). The first-order valence-corrected chi connectivity index (χ1v) is 7.18. The van der Waals surface area contributed by atoms with E-state index >= 15 is 0 Å². The first kappa shape index (κ1) is 14.0. The number of halogens is 1. The Morgan fingerprint density at radius 1 is 1.11 bits per heavy atom. The molecule has 1 unspecified atom stereocenters. The molecule has 0 bridgehead atoms. The van der Waals surface area contributed by atoms with Gasteiger partial charge in [-0.25, -0.2) is 0 Å². The fraction of sp³-hybridized carbons (Fsp3) is 0.294. The van der Waals surface area contributed by atoms with Crippen LogP contribution in [0.3, 0.4) is 0 Å². The summed E-state index contributed by atoms with van der Waals surface area (Å²) in [6.07, 6.45) is 2.33. The van der Waals surface area contributed by atoms with E-state index in [4.69, 9.17) is 11.6 Å². The lowest BCUT2D eigenvalue weighted by Crippen LogP contribution is -2.06. The van der Waals surface area contributed by atoms with Crippen molar-refractivity contribution in [3.8, 4) is 0 Å². The Kier molecular flexibility index (Phi) is 4.86. The maximum atomic E-state index is 6.02. The number of rotatable bonds is 5. The van der Waals surface area contributed by atoms with E-state index < -0.39 is 0 Å². The molecule has 1 atom stereocenters. The molecule has 0 spiro atoms. The van der Waals surface area contributed by atoms with Crippen molar-refractivity contribution >= 4 is 17.3 Å². The maximum absolute atomic E-state index is 6.02. The van der Waals surface area contributed by atoms with Crippen molar-refractivity contribution in [2.45, 2.75) is 32.7 Å². The lowest BCUT2D eigenvalue weighted by molar-refractivity contribution is 0.883. The predicted molar refractivity (Wildman–Crippen MR) is 83.9 cm³/mol. The van der Waals surface area contributed by atoms with Crippen LogP contribution >= 0.6 is 11.6 Å². The topological polar surface area (TPSA) is 12.0 Å². The summed E-state index contributed by atoms with van der Waals surface area (Å²) >= 11 is 6.02. The molecular weight excluding hydrogens is 254 g/mol. The quantitative estimate of drug-likeness (QED) is 0.762. The van der Waals surface area contributed by atoms with E-state index in [2.05, 4.69) is 49.5 Å². The first-order chi connectivity index (χ1) is 9.19. The van der Waals surface area contributed by atoms with Crippen LogP contribution in [0.1, 0.15) is 37.4 Å². The molecule has 0 aliphatic carbocycles.